The number of fused-ring (bicyclic) bond motifs is 1. The van der Waals surface area contributed by atoms with Gasteiger partial charge in [-0.1, -0.05) is 0 Å². The van der Waals surface area contributed by atoms with Gasteiger partial charge in [0.15, 0.2) is 0 Å². The molecule has 0 bridgehead atoms. The number of aromatic hydroxyl groups is 1. The van der Waals surface area contributed by atoms with Gasteiger partial charge in [0, 0.05) is 23.6 Å². The van der Waals surface area contributed by atoms with Crippen molar-refractivity contribution in [2.24, 2.45) is 0 Å². The van der Waals surface area contributed by atoms with Crippen molar-refractivity contribution >= 4 is 22.8 Å². The van der Waals surface area contributed by atoms with Crippen LogP contribution in [-0.4, -0.2) is 42.7 Å². The fraction of sp³-hybridized carbons (Fsp3) is 0.333. The number of ether oxygens (including phenoxy) is 1. The van der Waals surface area contributed by atoms with Gasteiger partial charge in [0.05, 0.1) is 12.6 Å². The van der Waals surface area contributed by atoms with Crippen molar-refractivity contribution < 1.29 is 28.2 Å². The maximum absolute atomic E-state index is 13.4. The summed E-state index contributed by atoms with van der Waals surface area (Å²) in [7, 11) is 0. The molecule has 1 saturated heterocycles. The summed E-state index contributed by atoms with van der Waals surface area (Å²) in [5.74, 6) is -0.829. The van der Waals surface area contributed by atoms with Crippen LogP contribution in [0.15, 0.2) is 40.8 Å². The predicted molar refractivity (Wildman–Crippen MR) is 117 cm³/mol. The van der Waals surface area contributed by atoms with E-state index in [0.717, 1.165) is 19.4 Å². The van der Waals surface area contributed by atoms with Gasteiger partial charge in [-0.05, 0) is 68.6 Å². The lowest BCUT2D eigenvalue weighted by atomic mass is 9.99. The highest BCUT2D eigenvalue weighted by Crippen LogP contribution is 2.38. The Bertz CT molecular complexity index is 1130. The highest BCUT2D eigenvalue weighted by molar-refractivity contribution is 6.10. The van der Waals surface area contributed by atoms with Crippen molar-refractivity contribution in [3.63, 3.8) is 0 Å². The lowest BCUT2D eigenvalue weighted by Crippen LogP contribution is -2.41. The first-order valence-corrected chi connectivity index (χ1v) is 10.7. The second-order valence-electron chi connectivity index (χ2n) is 7.70. The summed E-state index contributed by atoms with van der Waals surface area (Å²) in [6.45, 7) is 3.04. The van der Waals surface area contributed by atoms with Crippen molar-refractivity contribution in [2.75, 3.05) is 19.7 Å². The summed E-state index contributed by atoms with van der Waals surface area (Å²) < 4.78 is 24.6. The zero-order valence-electron chi connectivity index (χ0n) is 17.7. The molecule has 7 nitrogen and oxygen atoms in total. The maximum Gasteiger partial charge on any atom is 0.342 e. The van der Waals surface area contributed by atoms with Crippen LogP contribution in [0.2, 0.25) is 0 Å². The van der Waals surface area contributed by atoms with Gasteiger partial charge in [0.1, 0.15) is 28.5 Å². The molecule has 0 radical (unpaired) electrons. The molecule has 2 heterocycles. The third-order valence-electron chi connectivity index (χ3n) is 5.51. The molecular weight excluding hydrogens is 415 g/mol. The van der Waals surface area contributed by atoms with E-state index >= 15 is 0 Å². The summed E-state index contributed by atoms with van der Waals surface area (Å²) in [6.07, 6.45) is 2.14. The Morgan fingerprint density at radius 2 is 2.06 bits per heavy atom. The quantitative estimate of drug-likeness (QED) is 0.486. The molecule has 1 fully saturated rings. The van der Waals surface area contributed by atoms with Gasteiger partial charge in [-0.15, -0.1) is 0 Å². The maximum atomic E-state index is 13.4. The molecule has 1 amide bonds. The lowest BCUT2D eigenvalue weighted by Gasteiger charge is -2.12. The summed E-state index contributed by atoms with van der Waals surface area (Å²) in [5.41, 5.74) is 1.68. The van der Waals surface area contributed by atoms with Gasteiger partial charge in [0.2, 0.25) is 5.91 Å². The first kappa shape index (κ1) is 21.8. The Morgan fingerprint density at radius 1 is 1.28 bits per heavy atom. The molecule has 168 valence electrons. The Labute approximate surface area is 184 Å². The van der Waals surface area contributed by atoms with E-state index in [1.807, 2.05) is 0 Å². The molecule has 1 atom stereocenters. The van der Waals surface area contributed by atoms with Crippen molar-refractivity contribution in [1.29, 1.82) is 0 Å². The predicted octanol–water partition coefficient (Wildman–Crippen LogP) is 3.53. The van der Waals surface area contributed by atoms with Crippen LogP contribution in [0.1, 0.15) is 35.7 Å². The van der Waals surface area contributed by atoms with E-state index in [4.69, 9.17) is 9.15 Å². The SMILES string of the molecule is CCOC(=O)c1c(-c2ccc(F)cc2)oc2cc(O)cc(CCNC(=O)C3CCCN3)c12. The van der Waals surface area contributed by atoms with Crippen LogP contribution in [0, 0.1) is 5.82 Å². The molecular formula is C24H25FN2O5. The van der Waals surface area contributed by atoms with Gasteiger partial charge >= 0.3 is 5.97 Å². The topological polar surface area (TPSA) is 101 Å². The van der Waals surface area contributed by atoms with Crippen LogP contribution in [0.3, 0.4) is 0 Å². The molecule has 1 aromatic heterocycles. The number of phenolic OH excluding ortho intramolecular Hbond substituents is 1. The average Bonchev–Trinajstić information content (AvgIpc) is 3.42. The number of carbonyl (C=O) groups is 2. The highest BCUT2D eigenvalue weighted by atomic mass is 19.1. The van der Waals surface area contributed by atoms with Crippen molar-refractivity contribution in [2.45, 2.75) is 32.2 Å². The van der Waals surface area contributed by atoms with Gasteiger partial charge in [0.25, 0.3) is 0 Å². The number of amides is 1. The normalized spacial score (nSPS) is 15.8. The first-order chi connectivity index (χ1) is 15.5. The molecule has 4 rings (SSSR count). The molecule has 3 aromatic rings. The molecule has 0 saturated carbocycles. The number of phenols is 1. The minimum absolute atomic E-state index is 0.0221. The van der Waals surface area contributed by atoms with E-state index < -0.39 is 11.8 Å². The second-order valence-corrected chi connectivity index (χ2v) is 7.70. The fourth-order valence-corrected chi connectivity index (χ4v) is 4.05. The van der Waals surface area contributed by atoms with Crippen molar-refractivity contribution in [3.8, 4) is 17.1 Å². The molecule has 1 aliphatic heterocycles. The Hall–Kier alpha value is -3.39. The van der Waals surface area contributed by atoms with Crippen LogP contribution in [0.4, 0.5) is 4.39 Å². The number of esters is 1. The number of hydrogen-bond donors (Lipinski definition) is 3. The summed E-state index contributed by atoms with van der Waals surface area (Å²) in [4.78, 5) is 25.2. The number of benzene rings is 2. The Kier molecular flexibility index (Phi) is 6.41. The summed E-state index contributed by atoms with van der Waals surface area (Å²) >= 11 is 0. The standard InChI is InChI=1S/C24H25FN2O5/c1-2-31-24(30)21-20-15(9-11-27-23(29)18-4-3-10-26-18)12-17(28)13-19(20)32-22(21)14-5-7-16(25)8-6-14/h5-8,12-13,18,26,28H,2-4,9-11H2,1H3,(H,27,29). The number of rotatable bonds is 7. The first-order valence-electron chi connectivity index (χ1n) is 10.7. The van der Waals surface area contributed by atoms with E-state index in [9.17, 15) is 19.1 Å². The third kappa shape index (κ3) is 4.45. The Balaban J connectivity index is 1.71. The van der Waals surface area contributed by atoms with Crippen LogP contribution >= 0.6 is 0 Å². The smallest absolute Gasteiger partial charge is 0.342 e. The molecule has 2 aromatic carbocycles. The van der Waals surface area contributed by atoms with Gasteiger partial charge < -0.3 is 24.9 Å². The average molecular weight is 440 g/mol. The number of hydrogen-bond acceptors (Lipinski definition) is 6. The van der Waals surface area contributed by atoms with Crippen LogP contribution < -0.4 is 10.6 Å². The fourth-order valence-electron chi connectivity index (χ4n) is 4.05. The third-order valence-corrected chi connectivity index (χ3v) is 5.51. The molecule has 1 aliphatic rings. The molecule has 32 heavy (non-hydrogen) atoms. The number of carbonyl (C=O) groups excluding carboxylic acids is 2. The monoisotopic (exact) mass is 440 g/mol. The largest absolute Gasteiger partial charge is 0.508 e. The van der Waals surface area contributed by atoms with Crippen LogP contribution in [-0.2, 0) is 16.0 Å². The van der Waals surface area contributed by atoms with E-state index in [1.165, 1.54) is 30.3 Å². The van der Waals surface area contributed by atoms with E-state index in [1.54, 1.807) is 13.0 Å². The second kappa shape index (κ2) is 9.40. The van der Waals surface area contributed by atoms with Crippen molar-refractivity contribution in [3.05, 3.63) is 53.3 Å². The number of halogens is 1. The van der Waals surface area contributed by atoms with Crippen LogP contribution in [0.5, 0.6) is 5.75 Å². The van der Waals surface area contributed by atoms with Gasteiger partial charge in [-0.25, -0.2) is 9.18 Å². The zero-order chi connectivity index (χ0) is 22.7. The Morgan fingerprint density at radius 3 is 2.75 bits per heavy atom. The van der Waals surface area contributed by atoms with E-state index in [-0.39, 0.29) is 35.6 Å². The molecule has 0 aliphatic carbocycles. The summed E-state index contributed by atoms with van der Waals surface area (Å²) in [5, 5.41) is 16.8. The minimum Gasteiger partial charge on any atom is -0.508 e. The molecule has 8 heteroatoms. The summed E-state index contributed by atoms with van der Waals surface area (Å²) in [6, 6.07) is 8.39. The molecule has 0 spiro atoms. The highest BCUT2D eigenvalue weighted by Gasteiger charge is 2.26. The van der Waals surface area contributed by atoms with Crippen molar-refractivity contribution in [1.82, 2.24) is 10.6 Å². The zero-order valence-corrected chi connectivity index (χ0v) is 17.7. The number of nitrogens with one attached hydrogen (secondary N) is 2. The van der Waals surface area contributed by atoms with E-state index in [2.05, 4.69) is 10.6 Å². The van der Waals surface area contributed by atoms with Gasteiger partial charge in [-0.2, -0.15) is 0 Å². The van der Waals surface area contributed by atoms with E-state index in [0.29, 0.717) is 35.1 Å². The number of furan rings is 1. The van der Waals surface area contributed by atoms with Crippen LogP contribution in [0.25, 0.3) is 22.3 Å². The van der Waals surface area contributed by atoms with Gasteiger partial charge in [-0.3, -0.25) is 4.79 Å². The molecule has 3 N–H and O–H groups in total. The minimum atomic E-state index is -0.572. The molecule has 1 unspecified atom stereocenters. The lowest BCUT2D eigenvalue weighted by molar-refractivity contribution is -0.122.